The first-order valence-corrected chi connectivity index (χ1v) is 6.86. The number of nitrogens with one attached hydrogen (secondary N) is 2. The lowest BCUT2D eigenvalue weighted by atomic mass is 10.2. The van der Waals surface area contributed by atoms with E-state index in [1.165, 1.54) is 6.33 Å². The summed E-state index contributed by atoms with van der Waals surface area (Å²) in [4.78, 5) is 10.6. The number of ether oxygens (including phenoxy) is 1. The summed E-state index contributed by atoms with van der Waals surface area (Å²) < 4.78 is 5.28. The summed E-state index contributed by atoms with van der Waals surface area (Å²) in [7, 11) is 1.57. The van der Waals surface area contributed by atoms with Gasteiger partial charge in [-0.2, -0.15) is 0 Å². The van der Waals surface area contributed by atoms with E-state index in [0.717, 1.165) is 13.1 Å². The molecule has 0 fully saturated rings. The van der Waals surface area contributed by atoms with Crippen molar-refractivity contribution in [3.63, 3.8) is 0 Å². The van der Waals surface area contributed by atoms with E-state index in [1.54, 1.807) is 7.11 Å². The van der Waals surface area contributed by atoms with E-state index in [4.69, 9.17) is 10.6 Å². The summed E-state index contributed by atoms with van der Waals surface area (Å²) in [5, 5.41) is 3.27. The van der Waals surface area contributed by atoms with Gasteiger partial charge < -0.3 is 15.5 Å². The third kappa shape index (κ3) is 4.21. The molecule has 0 atom stereocenters. The van der Waals surface area contributed by atoms with Crippen molar-refractivity contribution in [2.75, 3.05) is 30.9 Å². The summed E-state index contributed by atoms with van der Waals surface area (Å²) in [6.07, 6.45) is 1.45. The zero-order valence-corrected chi connectivity index (χ0v) is 13.0. The van der Waals surface area contributed by atoms with E-state index in [1.807, 2.05) is 0 Å². The highest BCUT2D eigenvalue weighted by Gasteiger charge is 2.14. The van der Waals surface area contributed by atoms with Gasteiger partial charge in [-0.05, 0) is 27.7 Å². The molecule has 20 heavy (non-hydrogen) atoms. The summed E-state index contributed by atoms with van der Waals surface area (Å²) in [5.41, 5.74) is 2.50. The maximum absolute atomic E-state index is 5.40. The summed E-state index contributed by atoms with van der Waals surface area (Å²) in [5.74, 6) is 7.03. The molecule has 1 aromatic heterocycles. The van der Waals surface area contributed by atoms with Crippen molar-refractivity contribution in [2.45, 2.75) is 39.8 Å². The Balaban J connectivity index is 2.66. The predicted octanol–water partition coefficient (Wildman–Crippen LogP) is 1.30. The zero-order valence-electron chi connectivity index (χ0n) is 13.0. The SMILES string of the molecule is COc1c(NN)ncnc1NCCN(C(C)C)C(C)C. The van der Waals surface area contributed by atoms with Crippen molar-refractivity contribution in [2.24, 2.45) is 5.84 Å². The van der Waals surface area contributed by atoms with Crippen molar-refractivity contribution in [1.29, 1.82) is 0 Å². The van der Waals surface area contributed by atoms with Crippen LogP contribution in [-0.2, 0) is 0 Å². The molecular weight excluding hydrogens is 256 g/mol. The van der Waals surface area contributed by atoms with Crippen LogP contribution in [0.25, 0.3) is 0 Å². The van der Waals surface area contributed by atoms with Crippen LogP contribution in [0.5, 0.6) is 5.75 Å². The van der Waals surface area contributed by atoms with Crippen LogP contribution in [0.1, 0.15) is 27.7 Å². The Bertz CT molecular complexity index is 402. The molecule has 0 aliphatic rings. The topological polar surface area (TPSA) is 88.3 Å². The van der Waals surface area contributed by atoms with Gasteiger partial charge >= 0.3 is 0 Å². The zero-order chi connectivity index (χ0) is 15.1. The van der Waals surface area contributed by atoms with E-state index in [9.17, 15) is 0 Å². The second kappa shape index (κ2) is 7.86. The first kappa shape index (κ1) is 16.5. The van der Waals surface area contributed by atoms with Crippen LogP contribution in [0.3, 0.4) is 0 Å². The molecular formula is C13H26N6O. The number of aromatic nitrogens is 2. The Morgan fingerprint density at radius 1 is 1.20 bits per heavy atom. The molecule has 0 saturated carbocycles. The molecule has 0 amide bonds. The fraction of sp³-hybridized carbons (Fsp3) is 0.692. The minimum atomic E-state index is 0.467. The molecule has 7 nitrogen and oxygen atoms in total. The molecule has 1 rings (SSSR count). The smallest absolute Gasteiger partial charge is 0.205 e. The lowest BCUT2D eigenvalue weighted by Crippen LogP contribution is -2.40. The van der Waals surface area contributed by atoms with Gasteiger partial charge in [0.25, 0.3) is 0 Å². The molecule has 0 radical (unpaired) electrons. The van der Waals surface area contributed by atoms with Gasteiger partial charge in [-0.25, -0.2) is 15.8 Å². The molecule has 0 aliphatic carbocycles. The van der Waals surface area contributed by atoms with Crippen LogP contribution < -0.4 is 21.3 Å². The average molecular weight is 282 g/mol. The lowest BCUT2D eigenvalue weighted by molar-refractivity contribution is 0.182. The van der Waals surface area contributed by atoms with Crippen LogP contribution >= 0.6 is 0 Å². The largest absolute Gasteiger partial charge is 0.490 e. The predicted molar refractivity (Wildman–Crippen MR) is 81.9 cm³/mol. The second-order valence-electron chi connectivity index (χ2n) is 5.10. The van der Waals surface area contributed by atoms with Crippen LogP contribution in [0.2, 0.25) is 0 Å². The summed E-state index contributed by atoms with van der Waals surface area (Å²) >= 11 is 0. The first-order chi connectivity index (χ1) is 9.51. The van der Waals surface area contributed by atoms with Gasteiger partial charge in [0.1, 0.15) is 6.33 Å². The Hall–Kier alpha value is -1.60. The number of hydrogen-bond donors (Lipinski definition) is 3. The van der Waals surface area contributed by atoms with E-state index in [0.29, 0.717) is 29.5 Å². The van der Waals surface area contributed by atoms with Crippen molar-refractivity contribution < 1.29 is 4.74 Å². The maximum Gasteiger partial charge on any atom is 0.205 e. The molecule has 0 saturated heterocycles. The standard InChI is InChI=1S/C13H26N6O/c1-9(2)19(10(3)4)7-6-15-12-11(20-5)13(18-14)17-8-16-12/h8-10H,6-7,14H2,1-5H3,(H2,15,16,17,18). The molecule has 1 aromatic rings. The van der Waals surface area contributed by atoms with Gasteiger partial charge in [0.15, 0.2) is 11.6 Å². The lowest BCUT2D eigenvalue weighted by Gasteiger charge is -2.30. The molecule has 7 heteroatoms. The van der Waals surface area contributed by atoms with Crippen LogP contribution in [0, 0.1) is 0 Å². The highest BCUT2D eigenvalue weighted by Crippen LogP contribution is 2.27. The third-order valence-corrected chi connectivity index (χ3v) is 3.13. The number of anilines is 2. The van der Waals surface area contributed by atoms with E-state index in [2.05, 4.69) is 53.3 Å². The Labute approximate surface area is 120 Å². The summed E-state index contributed by atoms with van der Waals surface area (Å²) in [6.45, 7) is 10.5. The van der Waals surface area contributed by atoms with Crippen LogP contribution in [-0.4, -0.2) is 47.2 Å². The number of nitrogens with two attached hydrogens (primary N) is 1. The molecule has 0 aliphatic heterocycles. The van der Waals surface area contributed by atoms with Crippen molar-refractivity contribution >= 4 is 11.6 Å². The van der Waals surface area contributed by atoms with Crippen molar-refractivity contribution in [3.05, 3.63) is 6.33 Å². The number of methoxy groups -OCH3 is 1. The molecule has 1 heterocycles. The second-order valence-corrected chi connectivity index (χ2v) is 5.10. The number of nitrogens with zero attached hydrogens (tertiary/aromatic N) is 3. The number of hydrazine groups is 1. The van der Waals surface area contributed by atoms with E-state index < -0.39 is 0 Å². The van der Waals surface area contributed by atoms with Gasteiger partial charge in [0.05, 0.1) is 7.11 Å². The quantitative estimate of drug-likeness (QED) is 0.489. The third-order valence-electron chi connectivity index (χ3n) is 3.13. The fourth-order valence-corrected chi connectivity index (χ4v) is 2.21. The van der Waals surface area contributed by atoms with Crippen LogP contribution in [0.15, 0.2) is 6.33 Å². The summed E-state index contributed by atoms with van der Waals surface area (Å²) in [6, 6.07) is 1.01. The average Bonchev–Trinajstić information content (AvgIpc) is 2.42. The highest BCUT2D eigenvalue weighted by atomic mass is 16.5. The Kier molecular flexibility index (Phi) is 6.47. The Morgan fingerprint density at radius 2 is 1.80 bits per heavy atom. The Morgan fingerprint density at radius 3 is 2.30 bits per heavy atom. The number of rotatable bonds is 8. The van der Waals surface area contributed by atoms with E-state index in [-0.39, 0.29) is 0 Å². The van der Waals surface area contributed by atoms with Crippen molar-refractivity contribution in [1.82, 2.24) is 14.9 Å². The van der Waals surface area contributed by atoms with Gasteiger partial charge in [-0.3, -0.25) is 4.90 Å². The molecule has 0 unspecified atom stereocenters. The van der Waals surface area contributed by atoms with E-state index >= 15 is 0 Å². The van der Waals surface area contributed by atoms with Gasteiger partial charge in [-0.15, -0.1) is 0 Å². The monoisotopic (exact) mass is 282 g/mol. The molecule has 0 spiro atoms. The minimum Gasteiger partial charge on any atom is -0.490 e. The normalized spacial score (nSPS) is 11.2. The molecule has 0 bridgehead atoms. The van der Waals surface area contributed by atoms with Gasteiger partial charge in [-0.1, -0.05) is 0 Å². The minimum absolute atomic E-state index is 0.467. The van der Waals surface area contributed by atoms with Gasteiger partial charge in [0.2, 0.25) is 5.75 Å². The first-order valence-electron chi connectivity index (χ1n) is 6.86. The number of nitrogen functional groups attached to an aromatic ring is 1. The van der Waals surface area contributed by atoms with Crippen molar-refractivity contribution in [3.8, 4) is 5.75 Å². The fourth-order valence-electron chi connectivity index (χ4n) is 2.21. The highest BCUT2D eigenvalue weighted by molar-refractivity contribution is 5.62. The molecule has 0 aromatic carbocycles. The number of hydrogen-bond acceptors (Lipinski definition) is 7. The van der Waals surface area contributed by atoms with Crippen LogP contribution in [0.4, 0.5) is 11.6 Å². The maximum atomic E-state index is 5.40. The van der Waals surface area contributed by atoms with Gasteiger partial charge in [0, 0.05) is 25.2 Å². The molecule has 114 valence electrons. The molecule has 4 N–H and O–H groups in total.